The van der Waals surface area contributed by atoms with Gasteiger partial charge < -0.3 is 29.0 Å². The van der Waals surface area contributed by atoms with Crippen LogP contribution in [0.15, 0.2) is 60.7 Å². The highest BCUT2D eigenvalue weighted by atomic mass is 16.7. The molecule has 1 unspecified atom stereocenters. The molecule has 0 aliphatic carbocycles. The van der Waals surface area contributed by atoms with Crippen LogP contribution in [0.2, 0.25) is 0 Å². The molecule has 3 aromatic rings. The topological polar surface area (TPSA) is 75.2 Å². The number of nitrogens with one attached hydrogen (secondary N) is 1. The fourth-order valence-corrected chi connectivity index (χ4v) is 3.78. The molecule has 7 heteroatoms. The Balaban J connectivity index is 1.56. The van der Waals surface area contributed by atoms with E-state index in [-0.39, 0.29) is 18.7 Å². The summed E-state index contributed by atoms with van der Waals surface area (Å²) in [6.45, 7) is 0.225. The van der Waals surface area contributed by atoms with Crippen LogP contribution in [0.5, 0.6) is 28.7 Å². The fraction of sp³-hybridized carbons (Fsp3) is 0.269. The summed E-state index contributed by atoms with van der Waals surface area (Å²) in [7, 11) is 4.76. The maximum atomic E-state index is 13.2. The maximum absolute atomic E-state index is 13.2. The SMILES string of the molecule is COc1ccc(CC(Cc2ccc3c(c2)OCO3)NC(=O)c2cc(OC)cc(OC)c2)cc1. The molecule has 0 fully saturated rings. The van der Waals surface area contributed by atoms with Crippen molar-refractivity contribution in [2.75, 3.05) is 28.1 Å². The van der Waals surface area contributed by atoms with Gasteiger partial charge in [0.15, 0.2) is 11.5 Å². The molecule has 7 nitrogen and oxygen atoms in total. The molecule has 0 radical (unpaired) electrons. The molecule has 1 N–H and O–H groups in total. The summed E-state index contributed by atoms with van der Waals surface area (Å²) in [5, 5.41) is 3.18. The minimum atomic E-state index is -0.202. The molecule has 1 heterocycles. The lowest BCUT2D eigenvalue weighted by molar-refractivity contribution is 0.0936. The number of rotatable bonds is 9. The Morgan fingerprint density at radius 3 is 2.06 bits per heavy atom. The van der Waals surface area contributed by atoms with Crippen LogP contribution in [-0.2, 0) is 12.8 Å². The zero-order valence-electron chi connectivity index (χ0n) is 18.9. The van der Waals surface area contributed by atoms with Gasteiger partial charge in [0.2, 0.25) is 6.79 Å². The van der Waals surface area contributed by atoms with E-state index in [1.165, 1.54) is 0 Å². The third-order valence-electron chi connectivity index (χ3n) is 5.51. The second-order valence-electron chi connectivity index (χ2n) is 7.72. The standard InChI is InChI=1S/C26H27NO6/c1-29-21-7-4-17(5-8-21)10-20(11-18-6-9-24-25(12-18)33-16-32-24)27-26(28)19-13-22(30-2)15-23(14-19)31-3/h4-9,12-15,20H,10-11,16H2,1-3H3,(H,27,28). The second kappa shape index (κ2) is 10.2. The number of carbonyl (C=O) groups excluding carboxylic acids is 1. The molecule has 1 atom stereocenters. The summed E-state index contributed by atoms with van der Waals surface area (Å²) in [6.07, 6.45) is 1.26. The number of carbonyl (C=O) groups is 1. The predicted molar refractivity (Wildman–Crippen MR) is 124 cm³/mol. The predicted octanol–water partition coefficient (Wildman–Crippen LogP) is 4.02. The first-order valence-corrected chi connectivity index (χ1v) is 10.6. The smallest absolute Gasteiger partial charge is 0.251 e. The van der Waals surface area contributed by atoms with Crippen molar-refractivity contribution in [1.29, 1.82) is 0 Å². The highest BCUT2D eigenvalue weighted by Gasteiger charge is 2.19. The molecular formula is C26H27NO6. The van der Waals surface area contributed by atoms with Gasteiger partial charge in [0.1, 0.15) is 17.2 Å². The zero-order chi connectivity index (χ0) is 23.2. The number of hydrogen-bond acceptors (Lipinski definition) is 6. The normalized spacial score (nSPS) is 12.7. The Hall–Kier alpha value is -3.87. The van der Waals surface area contributed by atoms with Gasteiger partial charge in [-0.2, -0.15) is 0 Å². The van der Waals surface area contributed by atoms with Crippen LogP contribution >= 0.6 is 0 Å². The third-order valence-corrected chi connectivity index (χ3v) is 5.51. The summed E-state index contributed by atoms with van der Waals surface area (Å²) < 4.78 is 26.8. The van der Waals surface area contributed by atoms with Gasteiger partial charge >= 0.3 is 0 Å². The van der Waals surface area contributed by atoms with Crippen molar-refractivity contribution in [3.63, 3.8) is 0 Å². The molecule has 0 saturated carbocycles. The van der Waals surface area contributed by atoms with Crippen molar-refractivity contribution in [2.45, 2.75) is 18.9 Å². The average molecular weight is 450 g/mol. The van der Waals surface area contributed by atoms with Crippen LogP contribution in [0.1, 0.15) is 21.5 Å². The first kappa shape index (κ1) is 22.3. The second-order valence-corrected chi connectivity index (χ2v) is 7.72. The van der Waals surface area contributed by atoms with E-state index in [1.807, 2.05) is 42.5 Å². The number of hydrogen-bond donors (Lipinski definition) is 1. The molecule has 1 aliphatic rings. The van der Waals surface area contributed by atoms with Gasteiger partial charge in [-0.15, -0.1) is 0 Å². The lowest BCUT2D eigenvalue weighted by Crippen LogP contribution is -2.38. The maximum Gasteiger partial charge on any atom is 0.251 e. The molecule has 1 amide bonds. The third kappa shape index (κ3) is 5.49. The van der Waals surface area contributed by atoms with Crippen LogP contribution in [0.3, 0.4) is 0 Å². The summed E-state index contributed by atoms with van der Waals surface area (Å²) >= 11 is 0. The monoisotopic (exact) mass is 449 g/mol. The number of fused-ring (bicyclic) bond motifs is 1. The van der Waals surface area contributed by atoms with E-state index in [9.17, 15) is 4.79 Å². The van der Waals surface area contributed by atoms with E-state index in [0.29, 0.717) is 29.9 Å². The van der Waals surface area contributed by atoms with Gasteiger partial charge in [0, 0.05) is 17.7 Å². The lowest BCUT2D eigenvalue weighted by atomic mass is 9.98. The Morgan fingerprint density at radius 1 is 0.788 bits per heavy atom. The molecule has 0 bridgehead atoms. The Labute approximate surface area is 193 Å². The summed E-state index contributed by atoms with van der Waals surface area (Å²) in [4.78, 5) is 13.2. The van der Waals surface area contributed by atoms with Gasteiger partial charge in [-0.1, -0.05) is 18.2 Å². The number of benzene rings is 3. The van der Waals surface area contributed by atoms with Crippen LogP contribution in [0, 0.1) is 0 Å². The van der Waals surface area contributed by atoms with Crippen LogP contribution < -0.4 is 29.0 Å². The summed E-state index contributed by atoms with van der Waals surface area (Å²) in [5.41, 5.74) is 2.60. The first-order valence-electron chi connectivity index (χ1n) is 10.6. The average Bonchev–Trinajstić information content (AvgIpc) is 3.32. The van der Waals surface area contributed by atoms with E-state index in [2.05, 4.69) is 5.32 Å². The van der Waals surface area contributed by atoms with Crippen LogP contribution in [-0.4, -0.2) is 40.1 Å². The zero-order valence-corrected chi connectivity index (χ0v) is 18.9. The van der Waals surface area contributed by atoms with Crippen molar-refractivity contribution in [1.82, 2.24) is 5.32 Å². The molecule has 0 spiro atoms. The number of amides is 1. The summed E-state index contributed by atoms with van der Waals surface area (Å²) in [5.74, 6) is 3.16. The quantitative estimate of drug-likeness (QED) is 0.532. The molecule has 172 valence electrons. The molecule has 1 aliphatic heterocycles. The van der Waals surface area contributed by atoms with E-state index < -0.39 is 0 Å². The Morgan fingerprint density at radius 2 is 1.39 bits per heavy atom. The molecule has 3 aromatic carbocycles. The van der Waals surface area contributed by atoms with E-state index in [1.54, 1.807) is 39.5 Å². The minimum absolute atomic E-state index is 0.163. The highest BCUT2D eigenvalue weighted by Crippen LogP contribution is 2.33. The fourth-order valence-electron chi connectivity index (χ4n) is 3.78. The van der Waals surface area contributed by atoms with E-state index in [4.69, 9.17) is 23.7 Å². The van der Waals surface area contributed by atoms with E-state index >= 15 is 0 Å². The van der Waals surface area contributed by atoms with Gasteiger partial charge in [-0.3, -0.25) is 4.79 Å². The largest absolute Gasteiger partial charge is 0.497 e. The molecule has 33 heavy (non-hydrogen) atoms. The van der Waals surface area contributed by atoms with E-state index in [0.717, 1.165) is 28.4 Å². The lowest BCUT2D eigenvalue weighted by Gasteiger charge is -2.20. The van der Waals surface area contributed by atoms with Crippen molar-refractivity contribution < 1.29 is 28.5 Å². The molecule has 0 saturated heterocycles. The van der Waals surface area contributed by atoms with Gasteiger partial charge in [-0.25, -0.2) is 0 Å². The number of ether oxygens (including phenoxy) is 5. The first-order chi connectivity index (χ1) is 16.1. The Kier molecular flexibility index (Phi) is 6.88. The summed E-state index contributed by atoms with van der Waals surface area (Å²) in [6, 6.07) is 18.7. The Bertz CT molecular complexity index is 1090. The van der Waals surface area contributed by atoms with Crippen molar-refractivity contribution >= 4 is 5.91 Å². The molecule has 0 aromatic heterocycles. The molecule has 4 rings (SSSR count). The van der Waals surface area contributed by atoms with Crippen LogP contribution in [0.4, 0.5) is 0 Å². The molecular weight excluding hydrogens is 422 g/mol. The number of methoxy groups -OCH3 is 3. The van der Waals surface area contributed by atoms with Gasteiger partial charge in [0.25, 0.3) is 5.91 Å². The van der Waals surface area contributed by atoms with Gasteiger partial charge in [0.05, 0.1) is 21.3 Å². The van der Waals surface area contributed by atoms with Crippen LogP contribution in [0.25, 0.3) is 0 Å². The highest BCUT2D eigenvalue weighted by molar-refractivity contribution is 5.95. The van der Waals surface area contributed by atoms with Gasteiger partial charge in [-0.05, 0) is 60.4 Å². The van der Waals surface area contributed by atoms with Crippen molar-refractivity contribution in [3.8, 4) is 28.7 Å². The van der Waals surface area contributed by atoms with Crippen molar-refractivity contribution in [2.24, 2.45) is 0 Å². The minimum Gasteiger partial charge on any atom is -0.497 e. The van der Waals surface area contributed by atoms with Crippen molar-refractivity contribution in [3.05, 3.63) is 77.4 Å².